The van der Waals surface area contributed by atoms with E-state index < -0.39 is 15.9 Å². The highest BCUT2D eigenvalue weighted by molar-refractivity contribution is 7.92. The quantitative estimate of drug-likeness (QED) is 0.616. The summed E-state index contributed by atoms with van der Waals surface area (Å²) < 4.78 is 31.2. The van der Waals surface area contributed by atoms with Gasteiger partial charge in [-0.15, -0.1) is 0 Å². The summed E-state index contributed by atoms with van der Waals surface area (Å²) in [7, 11) is -3.65. The van der Waals surface area contributed by atoms with Gasteiger partial charge in [-0.3, -0.25) is 14.1 Å². The lowest BCUT2D eigenvalue weighted by atomic mass is 10.3. The monoisotopic (exact) mass is 411 g/mol. The van der Waals surface area contributed by atoms with Gasteiger partial charge >= 0.3 is 0 Å². The molecule has 8 heteroatoms. The van der Waals surface area contributed by atoms with E-state index in [1.807, 2.05) is 36.4 Å². The third-order valence-electron chi connectivity index (χ3n) is 4.00. The molecule has 2 aromatic carbocycles. The van der Waals surface area contributed by atoms with Gasteiger partial charge in [0.05, 0.1) is 11.9 Å². The minimum Gasteiger partial charge on any atom is -0.457 e. The molecular formula is C21H21N3O4S. The summed E-state index contributed by atoms with van der Waals surface area (Å²) >= 11 is 0. The summed E-state index contributed by atoms with van der Waals surface area (Å²) in [6.07, 6.45) is 4.34. The predicted octanol–water partition coefficient (Wildman–Crippen LogP) is 2.96. The van der Waals surface area contributed by atoms with Crippen LogP contribution in [0.4, 0.5) is 5.69 Å². The van der Waals surface area contributed by atoms with Gasteiger partial charge in [-0.2, -0.15) is 0 Å². The normalized spacial score (nSPS) is 10.9. The molecule has 0 saturated carbocycles. The Kier molecular flexibility index (Phi) is 6.46. The van der Waals surface area contributed by atoms with E-state index in [4.69, 9.17) is 4.74 Å². The number of anilines is 1. The molecule has 0 atom stereocenters. The Morgan fingerprint density at radius 3 is 2.31 bits per heavy atom. The Morgan fingerprint density at radius 2 is 1.69 bits per heavy atom. The van der Waals surface area contributed by atoms with Crippen molar-refractivity contribution in [2.45, 2.75) is 6.54 Å². The number of nitrogens with zero attached hydrogens (tertiary/aromatic N) is 2. The molecule has 1 amide bonds. The number of pyridine rings is 1. The molecular weight excluding hydrogens is 390 g/mol. The number of para-hydroxylation sites is 1. The third kappa shape index (κ3) is 6.05. The van der Waals surface area contributed by atoms with Crippen LogP contribution in [0.25, 0.3) is 0 Å². The molecule has 3 aromatic rings. The molecule has 1 N–H and O–H groups in total. The highest BCUT2D eigenvalue weighted by atomic mass is 32.2. The van der Waals surface area contributed by atoms with Crippen molar-refractivity contribution in [1.29, 1.82) is 0 Å². The van der Waals surface area contributed by atoms with E-state index >= 15 is 0 Å². The number of nitrogens with one attached hydrogen (secondary N) is 1. The number of hydrogen-bond acceptors (Lipinski definition) is 5. The number of sulfonamides is 1. The van der Waals surface area contributed by atoms with Crippen LogP contribution in [-0.4, -0.2) is 32.1 Å². The number of carbonyl (C=O) groups excluding carboxylic acids is 1. The lowest BCUT2D eigenvalue weighted by Crippen LogP contribution is -2.40. The van der Waals surface area contributed by atoms with Crippen molar-refractivity contribution < 1.29 is 17.9 Å². The zero-order valence-corrected chi connectivity index (χ0v) is 16.7. The number of aromatic nitrogens is 1. The Labute approximate surface area is 170 Å². The van der Waals surface area contributed by atoms with Gasteiger partial charge in [-0.1, -0.05) is 24.3 Å². The van der Waals surface area contributed by atoms with E-state index in [0.717, 1.165) is 16.1 Å². The Bertz CT molecular complexity index is 1040. The van der Waals surface area contributed by atoms with E-state index in [2.05, 4.69) is 10.3 Å². The van der Waals surface area contributed by atoms with Gasteiger partial charge in [0.25, 0.3) is 0 Å². The third-order valence-corrected chi connectivity index (χ3v) is 5.14. The summed E-state index contributed by atoms with van der Waals surface area (Å²) in [5.41, 5.74) is 1.21. The van der Waals surface area contributed by atoms with Crippen LogP contribution >= 0.6 is 0 Å². The zero-order valence-electron chi connectivity index (χ0n) is 15.9. The fourth-order valence-corrected chi connectivity index (χ4v) is 3.45. The smallest absolute Gasteiger partial charge is 0.241 e. The molecule has 0 bridgehead atoms. The first-order valence-electron chi connectivity index (χ1n) is 8.88. The number of hydrogen-bond donors (Lipinski definition) is 1. The van der Waals surface area contributed by atoms with Crippen molar-refractivity contribution >= 4 is 21.6 Å². The van der Waals surface area contributed by atoms with Crippen molar-refractivity contribution in [1.82, 2.24) is 10.3 Å². The van der Waals surface area contributed by atoms with Crippen LogP contribution < -0.4 is 14.4 Å². The lowest BCUT2D eigenvalue weighted by molar-refractivity contribution is -0.119. The van der Waals surface area contributed by atoms with Crippen molar-refractivity contribution in [2.24, 2.45) is 0 Å². The molecule has 7 nitrogen and oxygen atoms in total. The maximum absolute atomic E-state index is 12.3. The fraction of sp³-hybridized carbons (Fsp3) is 0.143. The SMILES string of the molecule is CS(=O)(=O)N(CC(=O)NCc1cccnc1)c1ccc(Oc2ccccc2)cc1. The maximum atomic E-state index is 12.3. The molecule has 0 fully saturated rings. The summed E-state index contributed by atoms with van der Waals surface area (Å²) in [4.78, 5) is 16.3. The van der Waals surface area contributed by atoms with Gasteiger partial charge in [-0.05, 0) is 48.0 Å². The number of carbonyl (C=O) groups is 1. The molecule has 1 aromatic heterocycles. The second-order valence-corrected chi connectivity index (χ2v) is 8.22. The van der Waals surface area contributed by atoms with Gasteiger partial charge in [0.15, 0.2) is 0 Å². The largest absolute Gasteiger partial charge is 0.457 e. The topological polar surface area (TPSA) is 88.6 Å². The molecule has 0 saturated heterocycles. The van der Waals surface area contributed by atoms with Crippen LogP contribution in [-0.2, 0) is 21.4 Å². The van der Waals surface area contributed by atoms with E-state index in [1.54, 1.807) is 42.7 Å². The molecule has 0 aliphatic heterocycles. The van der Waals surface area contributed by atoms with Gasteiger partial charge in [0, 0.05) is 18.9 Å². The summed E-state index contributed by atoms with van der Waals surface area (Å²) in [6.45, 7) is -0.0495. The number of ether oxygens (including phenoxy) is 1. The highest BCUT2D eigenvalue weighted by Crippen LogP contribution is 2.25. The molecule has 3 rings (SSSR count). The Balaban J connectivity index is 1.67. The standard InChI is InChI=1S/C21H21N3O4S/c1-29(26,27)24(16-21(25)23-15-17-6-5-13-22-14-17)18-9-11-20(12-10-18)28-19-7-3-2-4-8-19/h2-14H,15-16H2,1H3,(H,23,25). The maximum Gasteiger partial charge on any atom is 0.241 e. The Morgan fingerprint density at radius 1 is 1.00 bits per heavy atom. The second-order valence-electron chi connectivity index (χ2n) is 6.32. The Hall–Kier alpha value is -3.39. The lowest BCUT2D eigenvalue weighted by Gasteiger charge is -2.22. The zero-order chi connectivity index (χ0) is 20.7. The van der Waals surface area contributed by atoms with Crippen molar-refractivity contribution in [2.75, 3.05) is 17.1 Å². The molecule has 150 valence electrons. The molecule has 0 spiro atoms. The average Bonchev–Trinajstić information content (AvgIpc) is 2.72. The van der Waals surface area contributed by atoms with E-state index in [1.165, 1.54) is 0 Å². The predicted molar refractivity (Wildman–Crippen MR) is 111 cm³/mol. The van der Waals surface area contributed by atoms with Crippen LogP contribution in [0, 0.1) is 0 Å². The molecule has 1 heterocycles. The minimum absolute atomic E-state index is 0.272. The minimum atomic E-state index is -3.65. The van der Waals surface area contributed by atoms with E-state index in [0.29, 0.717) is 17.2 Å². The first-order valence-corrected chi connectivity index (χ1v) is 10.7. The van der Waals surface area contributed by atoms with Crippen molar-refractivity contribution in [3.8, 4) is 11.5 Å². The second kappa shape index (κ2) is 9.20. The molecule has 0 aliphatic carbocycles. The highest BCUT2D eigenvalue weighted by Gasteiger charge is 2.20. The molecule has 0 aliphatic rings. The number of amides is 1. The van der Waals surface area contributed by atoms with Crippen LogP contribution in [0.1, 0.15) is 5.56 Å². The molecule has 0 radical (unpaired) electrons. The average molecular weight is 411 g/mol. The van der Waals surface area contributed by atoms with Gasteiger partial charge in [-0.25, -0.2) is 8.42 Å². The van der Waals surface area contributed by atoms with Crippen molar-refractivity contribution in [3.05, 3.63) is 84.7 Å². The van der Waals surface area contributed by atoms with Crippen LogP contribution in [0.5, 0.6) is 11.5 Å². The number of benzene rings is 2. The molecule has 29 heavy (non-hydrogen) atoms. The first-order chi connectivity index (χ1) is 13.9. The van der Waals surface area contributed by atoms with Gasteiger partial charge in [0.1, 0.15) is 18.0 Å². The van der Waals surface area contributed by atoms with Crippen LogP contribution in [0.15, 0.2) is 79.1 Å². The molecule has 0 unspecified atom stereocenters. The van der Waals surface area contributed by atoms with Gasteiger partial charge < -0.3 is 10.1 Å². The van der Waals surface area contributed by atoms with Crippen molar-refractivity contribution in [3.63, 3.8) is 0 Å². The van der Waals surface area contributed by atoms with Crippen LogP contribution in [0.3, 0.4) is 0 Å². The van der Waals surface area contributed by atoms with Gasteiger partial charge in [0.2, 0.25) is 15.9 Å². The van der Waals surface area contributed by atoms with Crippen LogP contribution in [0.2, 0.25) is 0 Å². The van der Waals surface area contributed by atoms with E-state index in [-0.39, 0.29) is 13.1 Å². The number of rotatable bonds is 8. The summed E-state index contributed by atoms with van der Waals surface area (Å²) in [5.74, 6) is 0.827. The first kappa shape index (κ1) is 20.3. The summed E-state index contributed by atoms with van der Waals surface area (Å²) in [6, 6.07) is 19.4. The summed E-state index contributed by atoms with van der Waals surface area (Å²) in [5, 5.41) is 2.71. The van der Waals surface area contributed by atoms with E-state index in [9.17, 15) is 13.2 Å². The fourth-order valence-electron chi connectivity index (χ4n) is 2.59.